The first kappa shape index (κ1) is 14.4. The van der Waals surface area contributed by atoms with Gasteiger partial charge in [-0.25, -0.2) is 0 Å². The Labute approximate surface area is 105 Å². The fourth-order valence-electron chi connectivity index (χ4n) is 1.39. The molecule has 5 nitrogen and oxygen atoms in total. The van der Waals surface area contributed by atoms with Gasteiger partial charge in [-0.1, -0.05) is 6.07 Å². The minimum absolute atomic E-state index is 0.164. The van der Waals surface area contributed by atoms with Crippen molar-refractivity contribution in [3.05, 3.63) is 34.1 Å². The Hall–Kier alpha value is -1.69. The topological polar surface area (TPSA) is 64.4 Å². The maximum Gasteiger partial charge on any atom is 0.327 e. The molecule has 0 heterocycles. The third-order valence-electron chi connectivity index (χ3n) is 2.12. The van der Waals surface area contributed by atoms with Crippen molar-refractivity contribution in [1.29, 1.82) is 0 Å². The molecular formula is C12H17FN2O3. The summed E-state index contributed by atoms with van der Waals surface area (Å²) >= 11 is 0. The second-order valence-electron chi connectivity index (χ2n) is 4.78. The second-order valence-corrected chi connectivity index (χ2v) is 4.78. The zero-order valence-electron chi connectivity index (χ0n) is 10.7. The van der Waals surface area contributed by atoms with E-state index >= 15 is 0 Å². The molecule has 1 N–H and O–H groups in total. The molecule has 0 saturated heterocycles. The highest BCUT2D eigenvalue weighted by molar-refractivity contribution is 5.61. The first-order valence-corrected chi connectivity index (χ1v) is 5.62. The summed E-state index contributed by atoms with van der Waals surface area (Å²) in [4.78, 5) is 9.99. The van der Waals surface area contributed by atoms with Gasteiger partial charge in [0.2, 0.25) is 5.82 Å². The van der Waals surface area contributed by atoms with Crippen LogP contribution in [0.5, 0.6) is 0 Å². The first-order chi connectivity index (χ1) is 8.31. The van der Waals surface area contributed by atoms with Crippen molar-refractivity contribution in [2.24, 2.45) is 0 Å². The summed E-state index contributed by atoms with van der Waals surface area (Å²) in [5, 5.41) is 13.5. The lowest BCUT2D eigenvalue weighted by Crippen LogP contribution is -2.23. The predicted octanol–water partition coefficient (Wildman–Crippen LogP) is 2.96. The molecular weight excluding hydrogens is 239 g/mol. The number of nitrogens with one attached hydrogen (secondary N) is 1. The van der Waals surface area contributed by atoms with Crippen molar-refractivity contribution < 1.29 is 14.1 Å². The number of nitro groups is 1. The van der Waals surface area contributed by atoms with E-state index in [0.29, 0.717) is 13.2 Å². The average molecular weight is 256 g/mol. The quantitative estimate of drug-likeness (QED) is 0.499. The van der Waals surface area contributed by atoms with E-state index in [1.807, 2.05) is 20.8 Å². The molecule has 1 rings (SSSR count). The summed E-state index contributed by atoms with van der Waals surface area (Å²) < 4.78 is 18.7. The molecule has 0 spiro atoms. The zero-order valence-corrected chi connectivity index (χ0v) is 10.7. The summed E-state index contributed by atoms with van der Waals surface area (Å²) in [7, 11) is 0. The van der Waals surface area contributed by atoms with Gasteiger partial charge in [0.05, 0.1) is 17.1 Å². The third-order valence-corrected chi connectivity index (χ3v) is 2.12. The van der Waals surface area contributed by atoms with Gasteiger partial charge >= 0.3 is 5.69 Å². The Morgan fingerprint density at radius 1 is 1.44 bits per heavy atom. The molecule has 100 valence electrons. The molecule has 0 bridgehead atoms. The van der Waals surface area contributed by atoms with E-state index in [1.54, 1.807) is 0 Å². The fraction of sp³-hybridized carbons (Fsp3) is 0.500. The van der Waals surface area contributed by atoms with Gasteiger partial charge in [0.1, 0.15) is 5.69 Å². The Morgan fingerprint density at radius 2 is 2.11 bits per heavy atom. The van der Waals surface area contributed by atoms with Crippen LogP contribution in [0.3, 0.4) is 0 Å². The monoisotopic (exact) mass is 256 g/mol. The standard InChI is InChI=1S/C12H17FN2O3/c1-12(2,3)18-8-7-14-10-6-4-5-9(13)11(10)15(16)17/h4-6,14H,7-8H2,1-3H3. The maximum atomic E-state index is 13.3. The zero-order chi connectivity index (χ0) is 13.8. The highest BCUT2D eigenvalue weighted by atomic mass is 19.1. The van der Waals surface area contributed by atoms with Crippen LogP contribution in [0.25, 0.3) is 0 Å². The third kappa shape index (κ3) is 4.29. The van der Waals surface area contributed by atoms with Gasteiger partial charge in [-0.2, -0.15) is 4.39 Å². The Morgan fingerprint density at radius 3 is 2.67 bits per heavy atom. The summed E-state index contributed by atoms with van der Waals surface area (Å²) in [6.07, 6.45) is 0. The Balaban J connectivity index is 2.63. The smallest absolute Gasteiger partial charge is 0.327 e. The van der Waals surface area contributed by atoms with E-state index in [0.717, 1.165) is 6.07 Å². The number of halogens is 1. The predicted molar refractivity (Wildman–Crippen MR) is 67.2 cm³/mol. The van der Waals surface area contributed by atoms with Crippen molar-refractivity contribution >= 4 is 11.4 Å². The van der Waals surface area contributed by atoms with Crippen LogP contribution in [-0.4, -0.2) is 23.7 Å². The molecule has 0 aromatic heterocycles. The molecule has 18 heavy (non-hydrogen) atoms. The molecule has 0 fully saturated rings. The lowest BCUT2D eigenvalue weighted by molar-refractivity contribution is -0.386. The van der Waals surface area contributed by atoms with Crippen LogP contribution in [-0.2, 0) is 4.74 Å². The number of anilines is 1. The van der Waals surface area contributed by atoms with Crippen molar-refractivity contribution in [2.75, 3.05) is 18.5 Å². The molecule has 1 aromatic carbocycles. The molecule has 0 aliphatic heterocycles. The molecule has 6 heteroatoms. The molecule has 0 saturated carbocycles. The van der Waals surface area contributed by atoms with Crippen LogP contribution in [0.1, 0.15) is 20.8 Å². The molecule has 0 aliphatic carbocycles. The summed E-state index contributed by atoms with van der Waals surface area (Å²) in [5.74, 6) is -0.846. The van der Waals surface area contributed by atoms with Crippen molar-refractivity contribution in [3.63, 3.8) is 0 Å². The van der Waals surface area contributed by atoms with Gasteiger partial charge < -0.3 is 10.1 Å². The second kappa shape index (κ2) is 5.77. The number of hydrogen-bond donors (Lipinski definition) is 1. The lowest BCUT2D eigenvalue weighted by atomic mass is 10.2. The summed E-state index contributed by atoms with van der Waals surface area (Å²) in [6, 6.07) is 3.96. The van der Waals surface area contributed by atoms with Crippen LogP contribution < -0.4 is 5.32 Å². The SMILES string of the molecule is CC(C)(C)OCCNc1cccc(F)c1[N+](=O)[O-]. The number of para-hydroxylation sites is 1. The Bertz CT molecular complexity index is 430. The molecule has 0 radical (unpaired) electrons. The van der Waals surface area contributed by atoms with Crippen molar-refractivity contribution in [2.45, 2.75) is 26.4 Å². The van der Waals surface area contributed by atoms with E-state index in [9.17, 15) is 14.5 Å². The van der Waals surface area contributed by atoms with Gasteiger partial charge in [-0.3, -0.25) is 10.1 Å². The van der Waals surface area contributed by atoms with E-state index in [1.165, 1.54) is 12.1 Å². The number of benzene rings is 1. The Kier molecular flexibility index (Phi) is 4.61. The summed E-state index contributed by atoms with van der Waals surface area (Å²) in [6.45, 7) is 6.51. The summed E-state index contributed by atoms with van der Waals surface area (Å²) in [5.41, 5.74) is -0.638. The minimum atomic E-state index is -0.846. The number of rotatable bonds is 5. The average Bonchev–Trinajstić information content (AvgIpc) is 2.22. The van der Waals surface area contributed by atoms with Crippen LogP contribution >= 0.6 is 0 Å². The van der Waals surface area contributed by atoms with Gasteiger partial charge in [-0.05, 0) is 32.9 Å². The maximum absolute atomic E-state index is 13.3. The molecule has 0 amide bonds. The highest BCUT2D eigenvalue weighted by Gasteiger charge is 2.19. The molecule has 0 aliphatic rings. The number of hydrogen-bond acceptors (Lipinski definition) is 4. The van der Waals surface area contributed by atoms with Crippen LogP contribution in [0.15, 0.2) is 18.2 Å². The number of nitro benzene ring substituents is 1. The highest BCUT2D eigenvalue weighted by Crippen LogP contribution is 2.26. The molecule has 1 aromatic rings. The molecule has 0 unspecified atom stereocenters. The van der Waals surface area contributed by atoms with Gasteiger partial charge in [0.25, 0.3) is 0 Å². The van der Waals surface area contributed by atoms with E-state index in [4.69, 9.17) is 4.74 Å². The van der Waals surface area contributed by atoms with E-state index in [-0.39, 0.29) is 11.3 Å². The van der Waals surface area contributed by atoms with Crippen molar-refractivity contribution in [1.82, 2.24) is 0 Å². The lowest BCUT2D eigenvalue weighted by Gasteiger charge is -2.19. The van der Waals surface area contributed by atoms with Crippen LogP contribution in [0.2, 0.25) is 0 Å². The number of nitrogens with zero attached hydrogens (tertiary/aromatic N) is 1. The van der Waals surface area contributed by atoms with E-state index < -0.39 is 16.4 Å². The number of ether oxygens (including phenoxy) is 1. The normalized spacial score (nSPS) is 11.3. The van der Waals surface area contributed by atoms with Gasteiger partial charge in [-0.15, -0.1) is 0 Å². The fourth-order valence-corrected chi connectivity index (χ4v) is 1.39. The van der Waals surface area contributed by atoms with Crippen LogP contribution in [0, 0.1) is 15.9 Å². The van der Waals surface area contributed by atoms with Crippen molar-refractivity contribution in [3.8, 4) is 0 Å². The minimum Gasteiger partial charge on any atom is -0.377 e. The first-order valence-electron chi connectivity index (χ1n) is 5.62. The largest absolute Gasteiger partial charge is 0.377 e. The van der Waals surface area contributed by atoms with Gasteiger partial charge in [0.15, 0.2) is 0 Å². The van der Waals surface area contributed by atoms with E-state index in [2.05, 4.69) is 5.32 Å². The van der Waals surface area contributed by atoms with Crippen LogP contribution in [0.4, 0.5) is 15.8 Å². The molecule has 0 atom stereocenters. The van der Waals surface area contributed by atoms with Gasteiger partial charge in [0, 0.05) is 6.54 Å².